The van der Waals surface area contributed by atoms with Crippen LogP contribution in [0, 0.1) is 11.8 Å². The van der Waals surface area contributed by atoms with E-state index in [1.807, 2.05) is 30.9 Å². The van der Waals surface area contributed by atoms with Crippen LogP contribution >= 0.6 is 35.0 Å². The van der Waals surface area contributed by atoms with E-state index in [-0.39, 0.29) is 12.5 Å². The number of carbonyl (C=O) groups excluding carboxylic acids is 3. The van der Waals surface area contributed by atoms with Crippen LogP contribution in [0.2, 0.25) is 10.0 Å². The van der Waals surface area contributed by atoms with Gasteiger partial charge in [0, 0.05) is 78.6 Å². The molecule has 2 aliphatic heterocycles. The van der Waals surface area contributed by atoms with Gasteiger partial charge in [-0.3, -0.25) is 19.1 Å². The standard InChI is InChI=1S/C34H39Cl2N7O3S/c1-38-11-2-12-39-33(45)26-20-23(5-8-29(26)36)4-6-24-21-25(7-9-28(24)35)31-27-22-42(34(46)32(37)44)15-10-30(27)43(40-31)14-3-13-41-16-18-47-19-17-41/h5,7-9,20-21,38H,2-3,10-19,22H2,1H3,(H2,37,44)(H,39,45). The molecule has 10 nitrogen and oxygen atoms in total. The summed E-state index contributed by atoms with van der Waals surface area (Å²) in [4.78, 5) is 41.0. The number of aromatic nitrogens is 2. The first-order valence-electron chi connectivity index (χ1n) is 15.8. The first-order chi connectivity index (χ1) is 22.7. The van der Waals surface area contributed by atoms with Gasteiger partial charge in [-0.1, -0.05) is 41.1 Å². The largest absolute Gasteiger partial charge is 0.361 e. The number of hydrogen-bond donors (Lipinski definition) is 3. The fraction of sp³-hybridized carbons (Fsp3) is 0.412. The Balaban J connectivity index is 1.41. The summed E-state index contributed by atoms with van der Waals surface area (Å²) in [6, 6.07) is 10.6. The van der Waals surface area contributed by atoms with Crippen molar-refractivity contribution >= 4 is 52.7 Å². The van der Waals surface area contributed by atoms with Crippen molar-refractivity contribution in [3.63, 3.8) is 0 Å². The van der Waals surface area contributed by atoms with Gasteiger partial charge >= 0.3 is 11.8 Å². The fourth-order valence-electron chi connectivity index (χ4n) is 5.75. The molecule has 1 aromatic heterocycles. The highest BCUT2D eigenvalue weighted by Gasteiger charge is 2.30. The lowest BCUT2D eigenvalue weighted by atomic mass is 9.99. The molecule has 0 saturated carbocycles. The topological polar surface area (TPSA) is 126 Å². The van der Waals surface area contributed by atoms with E-state index in [1.54, 1.807) is 24.3 Å². The van der Waals surface area contributed by atoms with E-state index in [1.165, 1.54) is 16.4 Å². The Kier molecular flexibility index (Phi) is 12.2. The van der Waals surface area contributed by atoms with E-state index in [2.05, 4.69) is 32.1 Å². The number of fused-ring (bicyclic) bond motifs is 1. The second-order valence-electron chi connectivity index (χ2n) is 11.5. The predicted molar refractivity (Wildman–Crippen MR) is 188 cm³/mol. The third-order valence-electron chi connectivity index (χ3n) is 8.26. The van der Waals surface area contributed by atoms with E-state index < -0.39 is 11.8 Å². The van der Waals surface area contributed by atoms with Gasteiger partial charge in [-0.15, -0.1) is 0 Å². The predicted octanol–water partition coefficient (Wildman–Crippen LogP) is 3.40. The molecule has 3 heterocycles. The van der Waals surface area contributed by atoms with E-state index in [9.17, 15) is 14.4 Å². The van der Waals surface area contributed by atoms with Crippen LogP contribution in [0.25, 0.3) is 11.3 Å². The molecule has 47 heavy (non-hydrogen) atoms. The van der Waals surface area contributed by atoms with Crippen molar-refractivity contribution < 1.29 is 14.4 Å². The average molecular weight is 697 g/mol. The lowest BCUT2D eigenvalue weighted by molar-refractivity contribution is -0.144. The number of aryl methyl sites for hydroxylation is 1. The molecule has 0 bridgehead atoms. The second-order valence-corrected chi connectivity index (χ2v) is 13.5. The Hall–Kier alpha value is -3.53. The van der Waals surface area contributed by atoms with Crippen molar-refractivity contribution in [2.75, 3.05) is 57.8 Å². The Bertz CT molecular complexity index is 1690. The minimum Gasteiger partial charge on any atom is -0.361 e. The summed E-state index contributed by atoms with van der Waals surface area (Å²) in [7, 11) is 1.86. The van der Waals surface area contributed by atoms with Crippen LogP contribution in [0.15, 0.2) is 36.4 Å². The third kappa shape index (κ3) is 8.89. The molecule has 3 amide bonds. The van der Waals surface area contributed by atoms with E-state index in [0.717, 1.165) is 68.1 Å². The van der Waals surface area contributed by atoms with Gasteiger partial charge < -0.3 is 26.2 Å². The Labute approximate surface area is 289 Å². The first kappa shape index (κ1) is 34.8. The molecule has 2 aliphatic rings. The van der Waals surface area contributed by atoms with Crippen LogP contribution in [0.3, 0.4) is 0 Å². The minimum absolute atomic E-state index is 0.240. The van der Waals surface area contributed by atoms with Crippen LogP contribution in [0.1, 0.15) is 45.6 Å². The number of benzene rings is 2. The van der Waals surface area contributed by atoms with Crippen molar-refractivity contribution in [2.24, 2.45) is 5.73 Å². The molecule has 248 valence electrons. The summed E-state index contributed by atoms with van der Waals surface area (Å²) in [5, 5.41) is 11.8. The number of hydrogen-bond acceptors (Lipinski definition) is 7. The van der Waals surface area contributed by atoms with Gasteiger partial charge in [0.25, 0.3) is 5.91 Å². The minimum atomic E-state index is -0.970. The molecular weight excluding hydrogens is 657 g/mol. The summed E-state index contributed by atoms with van der Waals surface area (Å²) in [5.74, 6) is 6.68. The van der Waals surface area contributed by atoms with Crippen molar-refractivity contribution in [1.29, 1.82) is 0 Å². The highest BCUT2D eigenvalue weighted by atomic mass is 35.5. The lowest BCUT2D eigenvalue weighted by Gasteiger charge is -2.27. The zero-order valence-corrected chi connectivity index (χ0v) is 28.7. The maximum atomic E-state index is 12.7. The number of halogens is 2. The molecule has 1 fully saturated rings. The van der Waals surface area contributed by atoms with Gasteiger partial charge in [0.15, 0.2) is 0 Å². The quantitative estimate of drug-likeness (QED) is 0.169. The first-order valence-corrected chi connectivity index (χ1v) is 17.7. The van der Waals surface area contributed by atoms with Crippen molar-refractivity contribution in [1.82, 2.24) is 30.2 Å². The molecule has 5 rings (SSSR count). The van der Waals surface area contributed by atoms with Crippen LogP contribution in [0.5, 0.6) is 0 Å². The Morgan fingerprint density at radius 1 is 0.979 bits per heavy atom. The molecule has 3 aromatic rings. The van der Waals surface area contributed by atoms with Crippen LogP contribution in [-0.2, 0) is 29.1 Å². The van der Waals surface area contributed by atoms with Gasteiger partial charge in [0.1, 0.15) is 0 Å². The Morgan fingerprint density at radius 2 is 1.77 bits per heavy atom. The molecular formula is C34H39Cl2N7O3S. The summed E-state index contributed by atoms with van der Waals surface area (Å²) >= 11 is 14.9. The lowest BCUT2D eigenvalue weighted by Crippen LogP contribution is -2.43. The maximum absolute atomic E-state index is 12.7. The van der Waals surface area contributed by atoms with E-state index in [0.29, 0.717) is 46.2 Å². The summed E-state index contributed by atoms with van der Waals surface area (Å²) in [6.45, 7) is 5.92. The van der Waals surface area contributed by atoms with Gasteiger partial charge in [-0.25, -0.2) is 0 Å². The number of thioether (sulfide) groups is 1. The Morgan fingerprint density at radius 3 is 2.53 bits per heavy atom. The number of amides is 3. The summed E-state index contributed by atoms with van der Waals surface area (Å²) < 4.78 is 2.05. The van der Waals surface area contributed by atoms with Gasteiger partial charge in [0.05, 0.1) is 27.8 Å². The smallest absolute Gasteiger partial charge is 0.311 e. The molecule has 4 N–H and O–H groups in total. The van der Waals surface area contributed by atoms with Crippen molar-refractivity contribution in [3.05, 3.63) is 74.4 Å². The average Bonchev–Trinajstić information content (AvgIpc) is 3.44. The van der Waals surface area contributed by atoms with Crippen LogP contribution in [-0.4, -0.2) is 95.1 Å². The second kappa shape index (κ2) is 16.5. The van der Waals surface area contributed by atoms with Crippen molar-refractivity contribution in [2.45, 2.75) is 32.4 Å². The monoisotopic (exact) mass is 695 g/mol. The molecule has 1 saturated heterocycles. The highest BCUT2D eigenvalue weighted by molar-refractivity contribution is 7.99. The molecule has 0 spiro atoms. The molecule has 2 aromatic carbocycles. The summed E-state index contributed by atoms with van der Waals surface area (Å²) in [6.07, 6.45) is 2.33. The number of nitrogens with one attached hydrogen (secondary N) is 2. The number of nitrogens with zero attached hydrogens (tertiary/aromatic N) is 4. The molecule has 0 radical (unpaired) electrons. The van der Waals surface area contributed by atoms with E-state index >= 15 is 0 Å². The maximum Gasteiger partial charge on any atom is 0.311 e. The SMILES string of the molecule is CNCCCNC(=O)c1cc(C#Cc2cc(-c3nn(CCCN4CCSCC4)c4c3CN(C(=O)C(N)=O)CC4)ccc2Cl)ccc1Cl. The van der Waals surface area contributed by atoms with E-state index in [4.69, 9.17) is 34.0 Å². The van der Waals surface area contributed by atoms with Crippen LogP contribution in [0.4, 0.5) is 0 Å². The van der Waals surface area contributed by atoms with Gasteiger partial charge in [0.2, 0.25) is 0 Å². The summed E-state index contributed by atoms with van der Waals surface area (Å²) in [5.41, 5.74) is 10.4. The molecule has 0 unspecified atom stereocenters. The number of nitrogens with two attached hydrogens (primary N) is 1. The van der Waals surface area contributed by atoms with Crippen molar-refractivity contribution in [3.8, 4) is 23.1 Å². The van der Waals surface area contributed by atoms with Gasteiger partial charge in [-0.05, 0) is 63.3 Å². The van der Waals surface area contributed by atoms with Crippen LogP contribution < -0.4 is 16.4 Å². The number of primary amides is 1. The molecule has 13 heteroatoms. The van der Waals surface area contributed by atoms with Gasteiger partial charge in [-0.2, -0.15) is 16.9 Å². The molecule has 0 atom stereocenters. The number of carbonyl (C=O) groups is 3. The zero-order chi connectivity index (χ0) is 33.3. The highest BCUT2D eigenvalue weighted by Crippen LogP contribution is 2.32. The molecule has 0 aliphatic carbocycles. The number of rotatable bonds is 10. The fourth-order valence-corrected chi connectivity index (χ4v) is 7.10. The normalized spacial score (nSPS) is 14.7. The zero-order valence-electron chi connectivity index (χ0n) is 26.4. The third-order valence-corrected chi connectivity index (χ3v) is 9.86.